The van der Waals surface area contributed by atoms with Gasteiger partial charge >= 0.3 is 8.56 Å². The molecule has 0 amide bonds. The van der Waals surface area contributed by atoms with Gasteiger partial charge in [-0.05, 0) is 140 Å². The fourth-order valence-corrected chi connectivity index (χ4v) is 20.5. The lowest BCUT2D eigenvalue weighted by molar-refractivity contribution is 0.0335. The number of allylic oxidation sites excluding steroid dienone is 2. The average Bonchev–Trinajstić information content (AvgIpc) is 3.05. The topological polar surface area (TPSA) is 101 Å². The van der Waals surface area contributed by atoms with Crippen molar-refractivity contribution in [1.82, 2.24) is 10.6 Å². The van der Waals surface area contributed by atoms with Crippen LogP contribution in [0.25, 0.3) is 11.1 Å². The summed E-state index contributed by atoms with van der Waals surface area (Å²) in [5.74, 6) is 0. The quantitative estimate of drug-likeness (QED) is 0.0555. The van der Waals surface area contributed by atoms with E-state index in [-0.39, 0.29) is 11.1 Å². The highest BCUT2D eigenvalue weighted by Crippen LogP contribution is 2.27. The van der Waals surface area contributed by atoms with Crippen LogP contribution in [0, 0.1) is 0 Å². The van der Waals surface area contributed by atoms with Crippen LogP contribution < -0.4 is 10.6 Å². The van der Waals surface area contributed by atoms with Gasteiger partial charge in [-0.3, -0.25) is 0 Å². The van der Waals surface area contributed by atoms with E-state index in [4.69, 9.17) is 17.7 Å². The van der Waals surface area contributed by atoms with E-state index in [0.717, 1.165) is 58.3 Å². The predicted molar refractivity (Wildman–Crippen MR) is 231 cm³/mol. The molecule has 0 aliphatic heterocycles. The van der Waals surface area contributed by atoms with Gasteiger partial charge in [-0.15, -0.1) is 0 Å². The van der Waals surface area contributed by atoms with Gasteiger partial charge < -0.3 is 38.6 Å². The first-order chi connectivity index (χ1) is 24.4. The van der Waals surface area contributed by atoms with E-state index in [0.29, 0.717) is 39.5 Å². The Labute approximate surface area is 326 Å². The normalized spacial score (nSPS) is 14.3. The third kappa shape index (κ3) is 18.2. The molecule has 0 bridgehead atoms. The van der Waals surface area contributed by atoms with Crippen LogP contribution in [-0.2, 0) is 28.8 Å². The summed E-state index contributed by atoms with van der Waals surface area (Å²) < 4.78 is 25.3. The van der Waals surface area contributed by atoms with Crippen molar-refractivity contribution in [2.75, 3.05) is 39.5 Å². The minimum absolute atomic E-state index is 0.290. The molecule has 0 saturated carbocycles. The maximum absolute atomic E-state index is 10.6. The molecule has 2 aromatic carbocycles. The molecular weight excluding hydrogens is 713 g/mol. The summed E-state index contributed by atoms with van der Waals surface area (Å²) in [6.07, 6.45) is 0.602. The molecule has 2 rings (SSSR count). The Bertz CT molecular complexity index is 1340. The molecule has 0 saturated heterocycles. The summed E-state index contributed by atoms with van der Waals surface area (Å²) in [7, 11) is -6.30. The van der Waals surface area contributed by atoms with Gasteiger partial charge in [-0.2, -0.15) is 0 Å². The van der Waals surface area contributed by atoms with Gasteiger partial charge in [0.25, 0.3) is 0 Å². The lowest BCUT2D eigenvalue weighted by Crippen LogP contribution is -2.52. The minimum Gasteiger partial charge on any atom is -0.437 e. The Morgan fingerprint density at radius 3 is 1.36 bits per heavy atom. The molecule has 300 valence electrons. The number of aliphatic hydroxyl groups excluding tert-OH is 2. The van der Waals surface area contributed by atoms with E-state index in [1.54, 1.807) is 0 Å². The Morgan fingerprint density at radius 2 is 1.02 bits per heavy atom. The summed E-state index contributed by atoms with van der Waals surface area (Å²) in [6.45, 7) is 36.7. The fourth-order valence-electron chi connectivity index (χ4n) is 6.51. The monoisotopic (exact) mass is 786 g/mol. The maximum atomic E-state index is 10.6. The van der Waals surface area contributed by atoms with Crippen LogP contribution in [0.15, 0.2) is 61.7 Å². The number of benzene rings is 2. The van der Waals surface area contributed by atoms with Gasteiger partial charge in [-0.1, -0.05) is 60.7 Å². The summed E-state index contributed by atoms with van der Waals surface area (Å²) in [5.41, 5.74) is 6.06. The van der Waals surface area contributed by atoms with Crippen molar-refractivity contribution < 1.29 is 27.9 Å². The zero-order chi connectivity index (χ0) is 40.1. The van der Waals surface area contributed by atoms with Crippen molar-refractivity contribution in [3.8, 4) is 0 Å². The van der Waals surface area contributed by atoms with Gasteiger partial charge in [0.1, 0.15) is 0 Å². The number of nitrogens with one attached hydrogen (secondary N) is 2. The zero-order valence-electron chi connectivity index (χ0n) is 35.3. The lowest BCUT2D eigenvalue weighted by atomic mass is 9.91. The largest absolute Gasteiger partial charge is 0.437 e. The average molecular weight is 787 g/mol. The van der Waals surface area contributed by atoms with E-state index >= 15 is 0 Å². The van der Waals surface area contributed by atoms with Crippen molar-refractivity contribution in [3.63, 3.8) is 0 Å². The summed E-state index contributed by atoms with van der Waals surface area (Å²) in [4.78, 5) is 0. The second-order valence-corrected chi connectivity index (χ2v) is 30.0. The van der Waals surface area contributed by atoms with Crippen LogP contribution in [0.5, 0.6) is 0 Å². The van der Waals surface area contributed by atoms with Crippen molar-refractivity contribution >= 4 is 36.3 Å². The standard InChI is InChI=1S/C42H74N2O6Si3/c1-33(2)35-19-15-21-37(27-35)41(5,6)43-29-39(45)31-47-23-17-25-51(9,10)49-53(13,14)50-52(11,12)26-18-24-48-32-40(46)30-44-42(7,8)38-22-16-20-36(28-38)34(3)4/h15-16,19-22,27-28,39-40,43-46H,1,3,17-18,23-26,29-32H2,2,4-14H3. The molecule has 11 heteroatoms. The Balaban J connectivity index is 1.65. The molecule has 0 heterocycles. The number of ether oxygens (including phenoxy) is 2. The second-order valence-electron chi connectivity index (χ2n) is 17.5. The molecule has 8 nitrogen and oxygen atoms in total. The van der Waals surface area contributed by atoms with Crippen molar-refractivity contribution in [2.45, 2.75) is 129 Å². The molecule has 0 radical (unpaired) electrons. The Morgan fingerprint density at radius 1 is 0.660 bits per heavy atom. The van der Waals surface area contributed by atoms with E-state index in [1.165, 1.54) is 0 Å². The predicted octanol–water partition coefficient (Wildman–Crippen LogP) is 8.78. The number of hydrogen-bond donors (Lipinski definition) is 4. The van der Waals surface area contributed by atoms with Crippen LogP contribution in [0.2, 0.25) is 51.4 Å². The molecule has 0 spiro atoms. The van der Waals surface area contributed by atoms with Crippen molar-refractivity contribution in [3.05, 3.63) is 83.9 Å². The molecule has 2 unspecified atom stereocenters. The molecule has 2 atom stereocenters. The minimum atomic E-state index is -2.34. The first-order valence-electron chi connectivity index (χ1n) is 19.4. The van der Waals surface area contributed by atoms with Gasteiger partial charge in [0.15, 0.2) is 16.6 Å². The molecule has 53 heavy (non-hydrogen) atoms. The summed E-state index contributed by atoms with van der Waals surface area (Å²) in [5, 5.41) is 28.2. The highest BCUT2D eigenvalue weighted by Gasteiger charge is 2.39. The number of hydrogen-bond acceptors (Lipinski definition) is 8. The van der Waals surface area contributed by atoms with Crippen LogP contribution in [0.4, 0.5) is 0 Å². The lowest BCUT2D eigenvalue weighted by Gasteiger charge is -2.38. The molecule has 0 aromatic heterocycles. The van der Waals surface area contributed by atoms with E-state index < -0.39 is 37.4 Å². The Kier molecular flexibility index (Phi) is 18.8. The van der Waals surface area contributed by atoms with E-state index in [2.05, 4.69) is 139 Å². The molecule has 0 aliphatic rings. The van der Waals surface area contributed by atoms with E-state index in [9.17, 15) is 10.2 Å². The second kappa shape index (κ2) is 21.0. The molecule has 2 aromatic rings. The molecular formula is C42H74N2O6Si3. The molecule has 0 fully saturated rings. The Hall–Kier alpha value is -1.75. The highest BCUT2D eigenvalue weighted by molar-refractivity contribution is 6.87. The van der Waals surface area contributed by atoms with Crippen molar-refractivity contribution in [1.29, 1.82) is 0 Å². The summed E-state index contributed by atoms with van der Waals surface area (Å²) >= 11 is 0. The van der Waals surface area contributed by atoms with E-state index in [1.807, 2.05) is 13.8 Å². The molecule has 4 N–H and O–H groups in total. The van der Waals surface area contributed by atoms with Crippen LogP contribution in [0.1, 0.15) is 76.6 Å². The van der Waals surface area contributed by atoms with Crippen LogP contribution >= 0.6 is 0 Å². The third-order valence-electron chi connectivity index (χ3n) is 9.51. The third-order valence-corrected chi connectivity index (χ3v) is 21.0. The first kappa shape index (κ1) is 47.4. The molecule has 0 aliphatic carbocycles. The smallest absolute Gasteiger partial charge is 0.311 e. The van der Waals surface area contributed by atoms with Gasteiger partial charge in [0.2, 0.25) is 0 Å². The first-order valence-corrected chi connectivity index (χ1v) is 28.4. The summed E-state index contributed by atoms with van der Waals surface area (Å²) in [6, 6.07) is 18.7. The number of aliphatic hydroxyl groups is 2. The number of rotatable bonds is 26. The zero-order valence-corrected chi connectivity index (χ0v) is 38.3. The van der Waals surface area contributed by atoms with Crippen LogP contribution in [-0.4, -0.2) is 87.1 Å². The van der Waals surface area contributed by atoms with Gasteiger partial charge in [0, 0.05) is 37.4 Å². The highest BCUT2D eigenvalue weighted by atomic mass is 28.5. The van der Waals surface area contributed by atoms with Crippen LogP contribution in [0.3, 0.4) is 0 Å². The van der Waals surface area contributed by atoms with Gasteiger partial charge in [-0.25, -0.2) is 0 Å². The fraction of sp³-hybridized carbons (Fsp3) is 0.619. The SMILES string of the molecule is C=C(C)c1cccc(C(C)(C)NCC(O)COCCC[Si](C)(C)O[Si](C)(C)O[Si](C)(C)CCCOCC(O)CNC(C)(C)c2cccc(C(=C)C)c2)c1. The van der Waals surface area contributed by atoms with Crippen molar-refractivity contribution in [2.24, 2.45) is 0 Å². The maximum Gasteiger partial charge on any atom is 0.311 e. The van der Waals surface area contributed by atoms with Gasteiger partial charge in [0.05, 0.1) is 25.4 Å².